The highest BCUT2D eigenvalue weighted by atomic mass is 16.5. The van der Waals surface area contributed by atoms with Gasteiger partial charge in [-0.1, -0.05) is 20.8 Å². The van der Waals surface area contributed by atoms with Gasteiger partial charge in [0.25, 0.3) is 0 Å². The third-order valence-electron chi connectivity index (χ3n) is 2.70. The lowest BCUT2D eigenvalue weighted by molar-refractivity contribution is -0.150. The summed E-state index contributed by atoms with van der Waals surface area (Å²) in [6, 6.07) is 0. The van der Waals surface area contributed by atoms with Crippen LogP contribution in [0.4, 0.5) is 0 Å². The SMILES string of the molecule is CCC(CN)(CCOCC(C)C)C(=O)O. The summed E-state index contributed by atoms with van der Waals surface area (Å²) in [6.45, 7) is 7.28. The first-order valence-corrected chi connectivity index (χ1v) is 5.49. The molecular formula is C11H23NO3. The molecule has 0 heterocycles. The number of carbonyl (C=O) groups is 1. The van der Waals surface area contributed by atoms with E-state index in [1.54, 1.807) is 0 Å². The fraction of sp³-hybridized carbons (Fsp3) is 0.909. The van der Waals surface area contributed by atoms with Crippen LogP contribution in [0.1, 0.15) is 33.6 Å². The Hall–Kier alpha value is -0.610. The van der Waals surface area contributed by atoms with E-state index in [2.05, 4.69) is 13.8 Å². The number of aliphatic carboxylic acids is 1. The number of carboxylic acid groups (broad SMARTS) is 1. The van der Waals surface area contributed by atoms with Crippen molar-refractivity contribution in [3.63, 3.8) is 0 Å². The van der Waals surface area contributed by atoms with Gasteiger partial charge in [0.1, 0.15) is 0 Å². The molecular weight excluding hydrogens is 194 g/mol. The van der Waals surface area contributed by atoms with Crippen molar-refractivity contribution >= 4 is 5.97 Å². The maximum Gasteiger partial charge on any atom is 0.310 e. The minimum atomic E-state index is -0.819. The maximum atomic E-state index is 11.1. The molecule has 0 aliphatic rings. The molecule has 4 nitrogen and oxygen atoms in total. The van der Waals surface area contributed by atoms with Crippen LogP contribution in [0.15, 0.2) is 0 Å². The number of hydrogen-bond acceptors (Lipinski definition) is 3. The van der Waals surface area contributed by atoms with Crippen LogP contribution in [0.2, 0.25) is 0 Å². The summed E-state index contributed by atoms with van der Waals surface area (Å²) in [4.78, 5) is 11.1. The summed E-state index contributed by atoms with van der Waals surface area (Å²) in [5, 5.41) is 9.10. The Morgan fingerprint density at radius 3 is 2.47 bits per heavy atom. The number of ether oxygens (including phenoxy) is 1. The summed E-state index contributed by atoms with van der Waals surface area (Å²) < 4.78 is 5.39. The molecule has 0 aromatic rings. The first-order valence-electron chi connectivity index (χ1n) is 5.49. The second-order valence-electron chi connectivity index (χ2n) is 4.36. The standard InChI is InChI=1S/C11H23NO3/c1-4-11(8-12,10(13)14)5-6-15-7-9(2)3/h9H,4-8,12H2,1-3H3,(H,13,14). The Morgan fingerprint density at radius 2 is 2.13 bits per heavy atom. The number of nitrogens with two attached hydrogens (primary N) is 1. The van der Waals surface area contributed by atoms with Gasteiger partial charge < -0.3 is 15.6 Å². The second kappa shape index (κ2) is 6.80. The largest absolute Gasteiger partial charge is 0.481 e. The number of carboxylic acids is 1. The van der Waals surface area contributed by atoms with E-state index in [4.69, 9.17) is 15.6 Å². The van der Waals surface area contributed by atoms with Gasteiger partial charge in [-0.2, -0.15) is 0 Å². The second-order valence-corrected chi connectivity index (χ2v) is 4.36. The Bertz CT molecular complexity index is 188. The molecule has 0 aliphatic carbocycles. The topological polar surface area (TPSA) is 72.5 Å². The fourth-order valence-corrected chi connectivity index (χ4v) is 1.36. The summed E-state index contributed by atoms with van der Waals surface area (Å²) in [6.07, 6.45) is 1.03. The molecule has 0 aromatic heterocycles. The predicted octanol–water partition coefficient (Wildman–Crippen LogP) is 1.49. The summed E-state index contributed by atoms with van der Waals surface area (Å²) in [7, 11) is 0. The van der Waals surface area contributed by atoms with Gasteiger partial charge in [-0.05, 0) is 18.8 Å². The van der Waals surface area contributed by atoms with E-state index >= 15 is 0 Å². The highest BCUT2D eigenvalue weighted by molar-refractivity contribution is 5.74. The van der Waals surface area contributed by atoms with Crippen LogP contribution in [-0.4, -0.2) is 30.8 Å². The molecule has 1 atom stereocenters. The van der Waals surface area contributed by atoms with Crippen LogP contribution in [0, 0.1) is 11.3 Å². The van der Waals surface area contributed by atoms with Crippen LogP contribution in [0.3, 0.4) is 0 Å². The van der Waals surface area contributed by atoms with E-state index in [1.165, 1.54) is 0 Å². The predicted molar refractivity (Wildman–Crippen MR) is 59.7 cm³/mol. The molecule has 0 aliphatic heterocycles. The lowest BCUT2D eigenvalue weighted by atomic mass is 9.82. The van der Waals surface area contributed by atoms with Gasteiger partial charge in [-0.25, -0.2) is 0 Å². The van der Waals surface area contributed by atoms with Crippen molar-refractivity contribution in [2.45, 2.75) is 33.6 Å². The van der Waals surface area contributed by atoms with E-state index in [-0.39, 0.29) is 6.54 Å². The van der Waals surface area contributed by atoms with Gasteiger partial charge in [-0.15, -0.1) is 0 Å². The Morgan fingerprint density at radius 1 is 1.53 bits per heavy atom. The normalized spacial score (nSPS) is 15.3. The Kier molecular flexibility index (Phi) is 6.52. The molecule has 0 spiro atoms. The maximum absolute atomic E-state index is 11.1. The average Bonchev–Trinajstić information content (AvgIpc) is 2.18. The summed E-state index contributed by atoms with van der Waals surface area (Å²) in [5.41, 5.74) is 4.72. The molecule has 0 bridgehead atoms. The molecule has 0 amide bonds. The molecule has 15 heavy (non-hydrogen) atoms. The van der Waals surface area contributed by atoms with Crippen LogP contribution in [0.25, 0.3) is 0 Å². The van der Waals surface area contributed by atoms with Crippen molar-refractivity contribution in [1.82, 2.24) is 0 Å². The van der Waals surface area contributed by atoms with Crippen molar-refractivity contribution in [1.29, 1.82) is 0 Å². The molecule has 0 fully saturated rings. The highest BCUT2D eigenvalue weighted by Crippen LogP contribution is 2.25. The molecule has 0 saturated carbocycles. The van der Waals surface area contributed by atoms with Crippen LogP contribution in [-0.2, 0) is 9.53 Å². The van der Waals surface area contributed by atoms with Gasteiger partial charge in [0.05, 0.1) is 5.41 Å². The van der Waals surface area contributed by atoms with Gasteiger partial charge >= 0.3 is 5.97 Å². The average molecular weight is 217 g/mol. The van der Waals surface area contributed by atoms with Crippen LogP contribution >= 0.6 is 0 Å². The van der Waals surface area contributed by atoms with Gasteiger partial charge in [0, 0.05) is 19.8 Å². The minimum absolute atomic E-state index is 0.171. The van der Waals surface area contributed by atoms with E-state index in [0.29, 0.717) is 32.0 Å². The van der Waals surface area contributed by atoms with Crippen molar-refractivity contribution in [3.05, 3.63) is 0 Å². The van der Waals surface area contributed by atoms with E-state index < -0.39 is 11.4 Å². The van der Waals surface area contributed by atoms with Crippen molar-refractivity contribution in [3.8, 4) is 0 Å². The van der Waals surface area contributed by atoms with Crippen molar-refractivity contribution in [2.75, 3.05) is 19.8 Å². The van der Waals surface area contributed by atoms with E-state index in [0.717, 1.165) is 0 Å². The molecule has 0 radical (unpaired) electrons. The lowest BCUT2D eigenvalue weighted by Gasteiger charge is -2.26. The van der Waals surface area contributed by atoms with Crippen LogP contribution < -0.4 is 5.73 Å². The smallest absolute Gasteiger partial charge is 0.310 e. The Labute approximate surface area is 91.8 Å². The van der Waals surface area contributed by atoms with Gasteiger partial charge in [-0.3, -0.25) is 4.79 Å². The van der Waals surface area contributed by atoms with Crippen molar-refractivity contribution in [2.24, 2.45) is 17.1 Å². The minimum Gasteiger partial charge on any atom is -0.481 e. The van der Waals surface area contributed by atoms with E-state index in [1.807, 2.05) is 6.92 Å². The van der Waals surface area contributed by atoms with Gasteiger partial charge in [0.15, 0.2) is 0 Å². The first-order chi connectivity index (χ1) is 6.98. The number of hydrogen-bond donors (Lipinski definition) is 2. The first kappa shape index (κ1) is 14.4. The summed E-state index contributed by atoms with van der Waals surface area (Å²) >= 11 is 0. The molecule has 0 saturated heterocycles. The Balaban J connectivity index is 4.02. The quantitative estimate of drug-likeness (QED) is 0.604. The van der Waals surface area contributed by atoms with Gasteiger partial charge in [0.2, 0.25) is 0 Å². The fourth-order valence-electron chi connectivity index (χ4n) is 1.36. The van der Waals surface area contributed by atoms with E-state index in [9.17, 15) is 4.79 Å². The lowest BCUT2D eigenvalue weighted by Crippen LogP contribution is -2.39. The number of rotatable bonds is 8. The molecule has 3 N–H and O–H groups in total. The zero-order valence-electron chi connectivity index (χ0n) is 9.95. The monoisotopic (exact) mass is 217 g/mol. The molecule has 1 unspecified atom stereocenters. The van der Waals surface area contributed by atoms with Crippen LogP contribution in [0.5, 0.6) is 0 Å². The third kappa shape index (κ3) is 4.62. The molecule has 0 aromatic carbocycles. The zero-order valence-corrected chi connectivity index (χ0v) is 9.95. The summed E-state index contributed by atoms with van der Waals surface area (Å²) in [5.74, 6) is -0.343. The zero-order chi connectivity index (χ0) is 11.9. The third-order valence-corrected chi connectivity index (χ3v) is 2.70. The molecule has 90 valence electrons. The molecule has 0 rings (SSSR count). The highest BCUT2D eigenvalue weighted by Gasteiger charge is 2.34. The molecule has 4 heteroatoms. The van der Waals surface area contributed by atoms with Crippen molar-refractivity contribution < 1.29 is 14.6 Å².